The molecule has 0 aliphatic heterocycles. The molecule has 6 heteroatoms. The van der Waals surface area contributed by atoms with E-state index in [2.05, 4.69) is 48.4 Å². The molecular weight excluding hydrogens is 376 g/mol. The fraction of sp³-hybridized carbons (Fsp3) is 0.375. The van der Waals surface area contributed by atoms with Crippen molar-refractivity contribution in [2.24, 2.45) is 5.10 Å². The minimum atomic E-state index is -0.0742. The number of aryl methyl sites for hydroxylation is 3. The number of ether oxygens (including phenoxy) is 1. The molecule has 158 valence electrons. The lowest BCUT2D eigenvalue weighted by Gasteiger charge is -2.14. The van der Waals surface area contributed by atoms with E-state index < -0.39 is 0 Å². The van der Waals surface area contributed by atoms with Crippen molar-refractivity contribution >= 4 is 22.6 Å². The second-order valence-corrected chi connectivity index (χ2v) is 7.52. The number of hydrazone groups is 1. The topological polar surface area (TPSA) is 68.5 Å². The zero-order chi connectivity index (χ0) is 21.7. The van der Waals surface area contributed by atoms with Crippen molar-refractivity contribution in [3.8, 4) is 0 Å². The lowest BCUT2D eigenvalue weighted by Crippen LogP contribution is -2.25. The van der Waals surface area contributed by atoms with Gasteiger partial charge in [-0.1, -0.05) is 18.2 Å². The standard InChI is InChI=1S/C24H30N4O2/c1-6-30-13-9-12-28-23(29)20-10-7-8-11-22(20)25-24(28)27-26-19(5)21-15-17(3)16(2)14-18(21)4/h7-8,10-11,14-15H,6,9,12-13H2,1-5H3,(H,25,27)/b26-19-. The predicted octanol–water partition coefficient (Wildman–Crippen LogP) is 4.58. The van der Waals surface area contributed by atoms with Crippen molar-refractivity contribution in [1.29, 1.82) is 0 Å². The van der Waals surface area contributed by atoms with Crippen molar-refractivity contribution in [3.05, 3.63) is 69.0 Å². The number of nitrogens with zero attached hydrogens (tertiary/aromatic N) is 3. The van der Waals surface area contributed by atoms with Gasteiger partial charge in [0, 0.05) is 25.3 Å². The van der Waals surface area contributed by atoms with E-state index in [1.165, 1.54) is 16.7 Å². The third-order valence-electron chi connectivity index (χ3n) is 5.29. The van der Waals surface area contributed by atoms with Crippen LogP contribution in [0.2, 0.25) is 0 Å². The normalized spacial score (nSPS) is 11.8. The maximum Gasteiger partial charge on any atom is 0.262 e. The van der Waals surface area contributed by atoms with Crippen LogP contribution in [0.5, 0.6) is 0 Å². The fourth-order valence-electron chi connectivity index (χ4n) is 3.47. The zero-order valence-corrected chi connectivity index (χ0v) is 18.5. The molecule has 0 aliphatic carbocycles. The zero-order valence-electron chi connectivity index (χ0n) is 18.5. The first-order chi connectivity index (χ1) is 14.4. The van der Waals surface area contributed by atoms with Crippen molar-refractivity contribution < 1.29 is 4.74 Å². The molecule has 0 bridgehead atoms. The van der Waals surface area contributed by atoms with E-state index in [1.807, 2.05) is 32.0 Å². The number of anilines is 1. The smallest absolute Gasteiger partial charge is 0.262 e. The molecule has 0 amide bonds. The highest BCUT2D eigenvalue weighted by atomic mass is 16.5. The maximum atomic E-state index is 13.1. The van der Waals surface area contributed by atoms with Crippen LogP contribution in [-0.4, -0.2) is 28.5 Å². The Balaban J connectivity index is 1.96. The van der Waals surface area contributed by atoms with Gasteiger partial charge in [0.1, 0.15) is 0 Å². The van der Waals surface area contributed by atoms with Gasteiger partial charge in [0.05, 0.1) is 16.6 Å². The number of fused-ring (bicyclic) bond motifs is 1. The van der Waals surface area contributed by atoms with Crippen LogP contribution < -0.4 is 11.0 Å². The molecule has 1 heterocycles. The van der Waals surface area contributed by atoms with Gasteiger partial charge in [0.15, 0.2) is 0 Å². The number of nitrogens with one attached hydrogen (secondary N) is 1. The van der Waals surface area contributed by atoms with Crippen LogP contribution in [-0.2, 0) is 11.3 Å². The highest BCUT2D eigenvalue weighted by Gasteiger charge is 2.11. The molecule has 0 aliphatic rings. The molecule has 3 aromatic rings. The monoisotopic (exact) mass is 406 g/mol. The van der Waals surface area contributed by atoms with Gasteiger partial charge in [0.2, 0.25) is 5.95 Å². The van der Waals surface area contributed by atoms with Crippen LogP contribution in [0.25, 0.3) is 10.9 Å². The number of hydrogen-bond donors (Lipinski definition) is 1. The van der Waals surface area contributed by atoms with Crippen LogP contribution >= 0.6 is 0 Å². The summed E-state index contributed by atoms with van der Waals surface area (Å²) in [4.78, 5) is 17.7. The summed E-state index contributed by atoms with van der Waals surface area (Å²) in [6.45, 7) is 12.0. The Bertz CT molecular complexity index is 1130. The Labute approximate surface area is 177 Å². The van der Waals surface area contributed by atoms with E-state index >= 15 is 0 Å². The van der Waals surface area contributed by atoms with Gasteiger partial charge in [-0.15, -0.1) is 0 Å². The van der Waals surface area contributed by atoms with E-state index in [9.17, 15) is 4.79 Å². The molecular formula is C24H30N4O2. The van der Waals surface area contributed by atoms with Gasteiger partial charge < -0.3 is 4.74 Å². The number of hydrogen-bond acceptors (Lipinski definition) is 5. The Morgan fingerprint density at radius 1 is 1.13 bits per heavy atom. The quantitative estimate of drug-likeness (QED) is 0.338. The molecule has 0 unspecified atom stereocenters. The van der Waals surface area contributed by atoms with Crippen molar-refractivity contribution in [2.45, 2.75) is 47.6 Å². The Morgan fingerprint density at radius 3 is 2.63 bits per heavy atom. The first-order valence-electron chi connectivity index (χ1n) is 10.4. The lowest BCUT2D eigenvalue weighted by molar-refractivity contribution is 0.141. The number of rotatable bonds is 8. The van der Waals surface area contributed by atoms with Gasteiger partial charge in [-0.05, 0) is 75.9 Å². The second-order valence-electron chi connectivity index (χ2n) is 7.52. The average Bonchev–Trinajstić information content (AvgIpc) is 2.73. The molecule has 2 aromatic carbocycles. The third-order valence-corrected chi connectivity index (χ3v) is 5.29. The van der Waals surface area contributed by atoms with Crippen molar-refractivity contribution in [3.63, 3.8) is 0 Å². The minimum absolute atomic E-state index is 0.0742. The van der Waals surface area contributed by atoms with Gasteiger partial charge in [0.25, 0.3) is 5.56 Å². The van der Waals surface area contributed by atoms with E-state index in [0.717, 1.165) is 17.7 Å². The highest BCUT2D eigenvalue weighted by molar-refractivity contribution is 6.00. The Hall–Kier alpha value is -2.99. The highest BCUT2D eigenvalue weighted by Crippen LogP contribution is 2.17. The summed E-state index contributed by atoms with van der Waals surface area (Å²) in [6, 6.07) is 11.7. The van der Waals surface area contributed by atoms with Gasteiger partial charge >= 0.3 is 0 Å². The summed E-state index contributed by atoms with van der Waals surface area (Å²) in [6.07, 6.45) is 0.724. The largest absolute Gasteiger partial charge is 0.382 e. The third kappa shape index (κ3) is 4.76. The van der Waals surface area contributed by atoms with Crippen LogP contribution in [0.3, 0.4) is 0 Å². The maximum absolute atomic E-state index is 13.1. The summed E-state index contributed by atoms with van der Waals surface area (Å²) in [5.74, 6) is 0.441. The lowest BCUT2D eigenvalue weighted by atomic mass is 9.98. The van der Waals surface area contributed by atoms with Gasteiger partial charge in [-0.3, -0.25) is 9.36 Å². The summed E-state index contributed by atoms with van der Waals surface area (Å²) >= 11 is 0. The molecule has 0 fully saturated rings. The summed E-state index contributed by atoms with van der Waals surface area (Å²) < 4.78 is 7.07. The number of benzene rings is 2. The van der Waals surface area contributed by atoms with E-state index in [-0.39, 0.29) is 5.56 Å². The van der Waals surface area contributed by atoms with Crippen LogP contribution in [0.15, 0.2) is 46.3 Å². The van der Waals surface area contributed by atoms with E-state index in [1.54, 1.807) is 10.6 Å². The van der Waals surface area contributed by atoms with Crippen molar-refractivity contribution in [1.82, 2.24) is 9.55 Å². The summed E-state index contributed by atoms with van der Waals surface area (Å²) in [5.41, 5.74) is 9.20. The second kappa shape index (κ2) is 9.67. The molecule has 0 radical (unpaired) electrons. The minimum Gasteiger partial charge on any atom is -0.382 e. The first kappa shape index (κ1) is 21.7. The van der Waals surface area contributed by atoms with E-state index in [4.69, 9.17) is 4.74 Å². The molecule has 0 saturated carbocycles. The molecule has 30 heavy (non-hydrogen) atoms. The Kier molecular flexibility index (Phi) is 7.00. The molecule has 6 nitrogen and oxygen atoms in total. The molecule has 1 N–H and O–H groups in total. The van der Waals surface area contributed by atoms with Crippen LogP contribution in [0, 0.1) is 20.8 Å². The summed E-state index contributed by atoms with van der Waals surface area (Å²) in [5, 5.41) is 5.16. The van der Waals surface area contributed by atoms with Crippen molar-refractivity contribution in [2.75, 3.05) is 18.6 Å². The summed E-state index contributed by atoms with van der Waals surface area (Å²) in [7, 11) is 0. The van der Waals surface area contributed by atoms with Gasteiger partial charge in [-0.2, -0.15) is 5.10 Å². The average molecular weight is 407 g/mol. The molecule has 0 saturated heterocycles. The SMILES string of the molecule is CCOCCCn1c(N/N=C(/C)c2cc(C)c(C)cc2C)nc2ccccc2c1=O. The molecule has 1 aromatic heterocycles. The van der Waals surface area contributed by atoms with Gasteiger partial charge in [-0.25, -0.2) is 10.4 Å². The molecule has 0 spiro atoms. The van der Waals surface area contributed by atoms with Crippen LogP contribution in [0.1, 0.15) is 42.5 Å². The van der Waals surface area contributed by atoms with Crippen LogP contribution in [0.4, 0.5) is 5.95 Å². The molecule has 0 atom stereocenters. The van der Waals surface area contributed by atoms with E-state index in [0.29, 0.717) is 36.6 Å². The first-order valence-corrected chi connectivity index (χ1v) is 10.4. The fourth-order valence-corrected chi connectivity index (χ4v) is 3.47. The Morgan fingerprint density at radius 2 is 1.87 bits per heavy atom. The predicted molar refractivity (Wildman–Crippen MR) is 124 cm³/mol. The number of aromatic nitrogens is 2. The number of para-hydroxylation sites is 1. The molecule has 3 rings (SSSR count).